The minimum Gasteiger partial charge on any atom is -0.388 e. The van der Waals surface area contributed by atoms with Gasteiger partial charge in [-0.2, -0.15) is 0 Å². The average Bonchev–Trinajstić information content (AvgIpc) is 2.87. The van der Waals surface area contributed by atoms with Crippen molar-refractivity contribution in [1.82, 2.24) is 9.55 Å². The predicted molar refractivity (Wildman–Crippen MR) is 66.8 cm³/mol. The first-order valence-corrected chi connectivity index (χ1v) is 5.96. The van der Waals surface area contributed by atoms with E-state index >= 15 is 0 Å². The standard InChI is InChI=1S/C11H14N4S/c1-8(7-10(12)13)15-5-4-14-11(15)9-3-2-6-16-9/h2-6,8H,7H2,1H3,(H3,12,13). The van der Waals surface area contributed by atoms with Crippen LogP contribution in [0.4, 0.5) is 0 Å². The molecule has 84 valence electrons. The van der Waals surface area contributed by atoms with Crippen LogP contribution >= 0.6 is 11.3 Å². The van der Waals surface area contributed by atoms with Crippen LogP contribution in [0.1, 0.15) is 19.4 Å². The Morgan fingerprint density at radius 2 is 2.50 bits per heavy atom. The lowest BCUT2D eigenvalue weighted by Crippen LogP contribution is -2.16. The number of aromatic nitrogens is 2. The van der Waals surface area contributed by atoms with Gasteiger partial charge in [-0.1, -0.05) is 6.07 Å². The molecule has 0 aliphatic heterocycles. The number of nitrogens with zero attached hydrogens (tertiary/aromatic N) is 2. The minimum absolute atomic E-state index is 0.164. The number of rotatable bonds is 4. The van der Waals surface area contributed by atoms with E-state index in [2.05, 4.69) is 9.55 Å². The summed E-state index contributed by atoms with van der Waals surface area (Å²) in [5.74, 6) is 1.15. The largest absolute Gasteiger partial charge is 0.388 e. The molecule has 3 N–H and O–H groups in total. The summed E-state index contributed by atoms with van der Waals surface area (Å²) in [5.41, 5.74) is 5.42. The molecule has 0 aliphatic rings. The van der Waals surface area contributed by atoms with E-state index in [1.165, 1.54) is 0 Å². The molecule has 0 radical (unpaired) electrons. The highest BCUT2D eigenvalue weighted by molar-refractivity contribution is 7.13. The summed E-state index contributed by atoms with van der Waals surface area (Å²) in [4.78, 5) is 5.49. The van der Waals surface area contributed by atoms with Gasteiger partial charge >= 0.3 is 0 Å². The molecule has 0 aromatic carbocycles. The second-order valence-electron chi connectivity index (χ2n) is 3.71. The van der Waals surface area contributed by atoms with Crippen molar-refractivity contribution in [2.24, 2.45) is 5.73 Å². The van der Waals surface area contributed by atoms with Crippen LogP contribution in [-0.2, 0) is 0 Å². The van der Waals surface area contributed by atoms with E-state index in [1.54, 1.807) is 17.5 Å². The summed E-state index contributed by atoms with van der Waals surface area (Å²) in [5, 5.41) is 9.35. The van der Waals surface area contributed by atoms with Crippen molar-refractivity contribution in [3.63, 3.8) is 0 Å². The van der Waals surface area contributed by atoms with Gasteiger partial charge in [0.2, 0.25) is 0 Å². The molecule has 0 amide bonds. The van der Waals surface area contributed by atoms with Crippen LogP contribution in [0.5, 0.6) is 0 Å². The van der Waals surface area contributed by atoms with Crippen molar-refractivity contribution >= 4 is 17.2 Å². The third kappa shape index (κ3) is 2.14. The molecule has 1 atom stereocenters. The fourth-order valence-electron chi connectivity index (χ4n) is 1.68. The van der Waals surface area contributed by atoms with Gasteiger partial charge in [0.15, 0.2) is 0 Å². The quantitative estimate of drug-likeness (QED) is 0.630. The van der Waals surface area contributed by atoms with E-state index in [1.807, 2.05) is 30.6 Å². The van der Waals surface area contributed by atoms with Crippen molar-refractivity contribution in [3.05, 3.63) is 29.9 Å². The number of imidazole rings is 1. The van der Waals surface area contributed by atoms with Crippen molar-refractivity contribution in [3.8, 4) is 10.7 Å². The van der Waals surface area contributed by atoms with Crippen LogP contribution < -0.4 is 5.73 Å². The number of nitrogens with one attached hydrogen (secondary N) is 1. The third-order valence-electron chi connectivity index (χ3n) is 2.40. The van der Waals surface area contributed by atoms with Crippen molar-refractivity contribution in [1.29, 1.82) is 5.41 Å². The first-order chi connectivity index (χ1) is 7.68. The van der Waals surface area contributed by atoms with Crippen LogP contribution in [0.15, 0.2) is 29.9 Å². The van der Waals surface area contributed by atoms with E-state index in [4.69, 9.17) is 11.1 Å². The molecule has 0 fully saturated rings. The van der Waals surface area contributed by atoms with E-state index in [-0.39, 0.29) is 11.9 Å². The van der Waals surface area contributed by atoms with Crippen molar-refractivity contribution in [2.75, 3.05) is 0 Å². The van der Waals surface area contributed by atoms with Crippen LogP contribution in [0.3, 0.4) is 0 Å². The Morgan fingerprint density at radius 3 is 3.12 bits per heavy atom. The fraction of sp³-hybridized carbons (Fsp3) is 0.273. The molecule has 16 heavy (non-hydrogen) atoms. The van der Waals surface area contributed by atoms with E-state index in [0.29, 0.717) is 6.42 Å². The lowest BCUT2D eigenvalue weighted by Gasteiger charge is -2.14. The van der Waals surface area contributed by atoms with E-state index in [0.717, 1.165) is 10.7 Å². The molecule has 2 rings (SSSR count). The molecule has 0 saturated heterocycles. The molecule has 2 aromatic rings. The molecule has 5 heteroatoms. The van der Waals surface area contributed by atoms with Gasteiger partial charge in [-0.05, 0) is 18.4 Å². The maximum absolute atomic E-state index is 7.32. The Kier molecular flexibility index (Phi) is 3.05. The topological polar surface area (TPSA) is 67.7 Å². The number of thiophene rings is 1. The Morgan fingerprint density at radius 1 is 1.69 bits per heavy atom. The maximum Gasteiger partial charge on any atom is 0.150 e. The van der Waals surface area contributed by atoms with E-state index in [9.17, 15) is 0 Å². The highest BCUT2D eigenvalue weighted by Gasteiger charge is 2.12. The van der Waals surface area contributed by atoms with Gasteiger partial charge in [-0.25, -0.2) is 4.98 Å². The van der Waals surface area contributed by atoms with Crippen molar-refractivity contribution in [2.45, 2.75) is 19.4 Å². The highest BCUT2D eigenvalue weighted by Crippen LogP contribution is 2.26. The van der Waals surface area contributed by atoms with Gasteiger partial charge in [0.05, 0.1) is 10.7 Å². The highest BCUT2D eigenvalue weighted by atomic mass is 32.1. The fourth-order valence-corrected chi connectivity index (χ4v) is 2.41. The Bertz CT molecular complexity index is 472. The third-order valence-corrected chi connectivity index (χ3v) is 3.27. The first kappa shape index (κ1) is 10.9. The predicted octanol–water partition coefficient (Wildman–Crippen LogP) is 2.50. The van der Waals surface area contributed by atoms with Gasteiger partial charge in [0.25, 0.3) is 0 Å². The maximum atomic E-state index is 7.32. The van der Waals surface area contributed by atoms with Gasteiger partial charge in [-0.15, -0.1) is 11.3 Å². The summed E-state index contributed by atoms with van der Waals surface area (Å²) in [6.45, 7) is 2.04. The minimum atomic E-state index is 0.164. The molecule has 0 saturated carbocycles. The Labute approximate surface area is 98.3 Å². The van der Waals surface area contributed by atoms with Gasteiger partial charge in [0.1, 0.15) is 5.82 Å². The molecule has 0 aliphatic carbocycles. The van der Waals surface area contributed by atoms with E-state index < -0.39 is 0 Å². The number of nitrogens with two attached hydrogens (primary N) is 1. The molecule has 2 aromatic heterocycles. The summed E-state index contributed by atoms with van der Waals surface area (Å²) >= 11 is 1.66. The smallest absolute Gasteiger partial charge is 0.150 e. The molecule has 1 unspecified atom stereocenters. The lowest BCUT2D eigenvalue weighted by atomic mass is 10.2. The monoisotopic (exact) mass is 234 g/mol. The SMILES string of the molecule is CC(CC(=N)N)n1ccnc1-c1cccs1. The second-order valence-corrected chi connectivity index (χ2v) is 4.66. The van der Waals surface area contributed by atoms with Crippen molar-refractivity contribution < 1.29 is 0 Å². The summed E-state index contributed by atoms with van der Waals surface area (Å²) in [7, 11) is 0. The molecule has 4 nitrogen and oxygen atoms in total. The zero-order valence-corrected chi connectivity index (χ0v) is 9.87. The molecular formula is C11H14N4S. The Balaban J connectivity index is 2.29. The number of amidine groups is 1. The summed E-state index contributed by atoms with van der Waals surface area (Å²) < 4.78 is 2.06. The van der Waals surface area contributed by atoms with Crippen LogP contribution in [-0.4, -0.2) is 15.4 Å². The summed E-state index contributed by atoms with van der Waals surface area (Å²) in [6.07, 6.45) is 4.27. The molecule has 0 bridgehead atoms. The molecule has 0 spiro atoms. The van der Waals surface area contributed by atoms with Gasteiger partial charge < -0.3 is 10.3 Å². The number of hydrogen-bond acceptors (Lipinski definition) is 3. The lowest BCUT2D eigenvalue weighted by molar-refractivity contribution is 0.571. The molecular weight excluding hydrogens is 220 g/mol. The first-order valence-electron chi connectivity index (χ1n) is 5.08. The van der Waals surface area contributed by atoms with Crippen LogP contribution in [0.25, 0.3) is 10.7 Å². The van der Waals surface area contributed by atoms with Gasteiger partial charge in [0, 0.05) is 24.9 Å². The summed E-state index contributed by atoms with van der Waals surface area (Å²) in [6, 6.07) is 4.22. The number of hydrogen-bond donors (Lipinski definition) is 2. The average molecular weight is 234 g/mol. The van der Waals surface area contributed by atoms with Crippen LogP contribution in [0.2, 0.25) is 0 Å². The zero-order chi connectivity index (χ0) is 11.5. The second kappa shape index (κ2) is 4.49. The molecule has 2 heterocycles. The Hall–Kier alpha value is -1.62. The van der Waals surface area contributed by atoms with Crippen LogP contribution in [0, 0.1) is 5.41 Å². The zero-order valence-electron chi connectivity index (χ0n) is 9.05. The normalized spacial score (nSPS) is 12.6. The van der Waals surface area contributed by atoms with Gasteiger partial charge in [-0.3, -0.25) is 5.41 Å².